The second-order valence-electron chi connectivity index (χ2n) is 4.01. The van der Waals surface area contributed by atoms with E-state index in [1.54, 1.807) is 20.3 Å². The summed E-state index contributed by atoms with van der Waals surface area (Å²) in [5.74, 6) is 1.33. The molecule has 0 atom stereocenters. The van der Waals surface area contributed by atoms with E-state index in [1.807, 2.05) is 6.07 Å². The molecule has 19 heavy (non-hydrogen) atoms. The van der Waals surface area contributed by atoms with Crippen molar-refractivity contribution >= 4 is 11.6 Å². The van der Waals surface area contributed by atoms with Gasteiger partial charge in [0.2, 0.25) is 0 Å². The summed E-state index contributed by atoms with van der Waals surface area (Å²) in [5, 5.41) is 3.88. The SMILES string of the molecule is CCNCCOCCc1cc(OC)c(OC)cc1Cl. The molecule has 1 rings (SSSR count). The lowest BCUT2D eigenvalue weighted by molar-refractivity contribution is 0.139. The Labute approximate surface area is 120 Å². The van der Waals surface area contributed by atoms with E-state index < -0.39 is 0 Å². The summed E-state index contributed by atoms with van der Waals surface area (Å²) < 4.78 is 16.0. The maximum atomic E-state index is 6.20. The van der Waals surface area contributed by atoms with Gasteiger partial charge in [0.1, 0.15) is 0 Å². The lowest BCUT2D eigenvalue weighted by atomic mass is 10.1. The fourth-order valence-corrected chi connectivity index (χ4v) is 1.94. The van der Waals surface area contributed by atoms with Crippen LogP contribution in [0, 0.1) is 0 Å². The van der Waals surface area contributed by atoms with Crippen molar-refractivity contribution in [3.8, 4) is 11.5 Å². The zero-order chi connectivity index (χ0) is 14.1. The molecule has 1 aromatic rings. The van der Waals surface area contributed by atoms with Crippen LogP contribution < -0.4 is 14.8 Å². The molecular weight excluding hydrogens is 266 g/mol. The number of ether oxygens (including phenoxy) is 3. The van der Waals surface area contributed by atoms with Crippen LogP contribution in [-0.2, 0) is 11.2 Å². The molecular formula is C14H22ClNO3. The topological polar surface area (TPSA) is 39.7 Å². The van der Waals surface area contributed by atoms with E-state index in [0.29, 0.717) is 29.7 Å². The second kappa shape index (κ2) is 9.02. The first-order valence-electron chi connectivity index (χ1n) is 6.41. The summed E-state index contributed by atoms with van der Waals surface area (Å²) in [6.07, 6.45) is 0.755. The number of benzene rings is 1. The van der Waals surface area contributed by atoms with Gasteiger partial charge < -0.3 is 19.5 Å². The predicted molar refractivity (Wildman–Crippen MR) is 77.6 cm³/mol. The fraction of sp³-hybridized carbons (Fsp3) is 0.571. The summed E-state index contributed by atoms with van der Waals surface area (Å²) >= 11 is 6.20. The van der Waals surface area contributed by atoms with Crippen LogP contribution in [0.5, 0.6) is 11.5 Å². The van der Waals surface area contributed by atoms with E-state index in [2.05, 4.69) is 12.2 Å². The number of halogens is 1. The lowest BCUT2D eigenvalue weighted by Crippen LogP contribution is -2.19. The molecule has 1 aromatic carbocycles. The Balaban J connectivity index is 2.49. The molecule has 4 nitrogen and oxygen atoms in total. The fourth-order valence-electron chi connectivity index (χ4n) is 1.69. The summed E-state index contributed by atoms with van der Waals surface area (Å²) in [7, 11) is 3.21. The van der Waals surface area contributed by atoms with Gasteiger partial charge in [0.05, 0.1) is 27.4 Å². The zero-order valence-electron chi connectivity index (χ0n) is 11.8. The van der Waals surface area contributed by atoms with Crippen LogP contribution in [0.3, 0.4) is 0 Å². The van der Waals surface area contributed by atoms with Crippen LogP contribution in [-0.4, -0.2) is 40.5 Å². The Morgan fingerprint density at radius 3 is 2.42 bits per heavy atom. The van der Waals surface area contributed by atoms with E-state index >= 15 is 0 Å². The van der Waals surface area contributed by atoms with Crippen molar-refractivity contribution in [3.63, 3.8) is 0 Å². The molecule has 0 fully saturated rings. The second-order valence-corrected chi connectivity index (χ2v) is 4.42. The highest BCUT2D eigenvalue weighted by molar-refractivity contribution is 6.31. The highest BCUT2D eigenvalue weighted by atomic mass is 35.5. The number of rotatable bonds is 9. The molecule has 0 aliphatic rings. The van der Waals surface area contributed by atoms with E-state index in [-0.39, 0.29) is 0 Å². The Morgan fingerprint density at radius 2 is 1.79 bits per heavy atom. The zero-order valence-corrected chi connectivity index (χ0v) is 12.5. The quantitative estimate of drug-likeness (QED) is 0.709. The first-order chi connectivity index (χ1) is 9.22. The van der Waals surface area contributed by atoms with Crippen molar-refractivity contribution in [1.82, 2.24) is 5.32 Å². The molecule has 5 heteroatoms. The standard InChI is InChI=1S/C14H22ClNO3/c1-4-16-6-8-19-7-5-11-9-13(17-2)14(18-3)10-12(11)15/h9-10,16H,4-8H2,1-3H3. The number of likely N-dealkylation sites (N-methyl/N-ethyl adjacent to an activating group) is 1. The molecule has 0 aliphatic carbocycles. The third-order valence-electron chi connectivity index (χ3n) is 2.74. The molecule has 0 unspecified atom stereocenters. The smallest absolute Gasteiger partial charge is 0.162 e. The highest BCUT2D eigenvalue weighted by Gasteiger charge is 2.09. The van der Waals surface area contributed by atoms with Crippen LogP contribution in [0.25, 0.3) is 0 Å². The lowest BCUT2D eigenvalue weighted by Gasteiger charge is -2.12. The van der Waals surface area contributed by atoms with Gasteiger partial charge in [-0.1, -0.05) is 18.5 Å². The van der Waals surface area contributed by atoms with E-state index in [4.69, 9.17) is 25.8 Å². The van der Waals surface area contributed by atoms with Gasteiger partial charge in [0.15, 0.2) is 11.5 Å². The maximum absolute atomic E-state index is 6.20. The molecule has 0 saturated heterocycles. The predicted octanol–water partition coefficient (Wildman–Crippen LogP) is 2.53. The molecule has 0 aromatic heterocycles. The van der Waals surface area contributed by atoms with Crippen LogP contribution in [0.4, 0.5) is 0 Å². The summed E-state index contributed by atoms with van der Waals surface area (Å²) in [6.45, 7) is 5.25. The molecule has 0 heterocycles. The Kier molecular flexibility index (Phi) is 7.63. The molecule has 0 saturated carbocycles. The van der Waals surface area contributed by atoms with Crippen LogP contribution in [0.15, 0.2) is 12.1 Å². The van der Waals surface area contributed by atoms with Gasteiger partial charge in [-0.3, -0.25) is 0 Å². The summed E-state index contributed by atoms with van der Waals surface area (Å²) in [6, 6.07) is 3.67. The van der Waals surface area contributed by atoms with Gasteiger partial charge in [-0.15, -0.1) is 0 Å². The van der Waals surface area contributed by atoms with E-state index in [1.165, 1.54) is 0 Å². The van der Waals surface area contributed by atoms with E-state index in [9.17, 15) is 0 Å². The van der Waals surface area contributed by atoms with Gasteiger partial charge in [-0.05, 0) is 24.6 Å². The van der Waals surface area contributed by atoms with Crippen LogP contribution in [0.2, 0.25) is 5.02 Å². The molecule has 0 spiro atoms. The Bertz CT molecular complexity index is 385. The average molecular weight is 288 g/mol. The van der Waals surface area contributed by atoms with E-state index in [0.717, 1.165) is 25.1 Å². The van der Waals surface area contributed by atoms with Gasteiger partial charge >= 0.3 is 0 Å². The number of hydrogen-bond donors (Lipinski definition) is 1. The average Bonchev–Trinajstić information content (AvgIpc) is 2.43. The molecule has 0 aliphatic heterocycles. The van der Waals surface area contributed by atoms with Crippen molar-refractivity contribution in [2.45, 2.75) is 13.3 Å². The largest absolute Gasteiger partial charge is 0.493 e. The van der Waals surface area contributed by atoms with Gasteiger partial charge in [-0.25, -0.2) is 0 Å². The first kappa shape index (κ1) is 16.1. The van der Waals surface area contributed by atoms with Crippen molar-refractivity contribution in [2.75, 3.05) is 40.5 Å². The molecule has 0 bridgehead atoms. The minimum atomic E-state index is 0.639. The molecule has 0 amide bonds. The number of methoxy groups -OCH3 is 2. The normalized spacial score (nSPS) is 10.5. The number of nitrogens with one attached hydrogen (secondary N) is 1. The molecule has 1 N–H and O–H groups in total. The van der Waals surface area contributed by atoms with Gasteiger partial charge in [0.25, 0.3) is 0 Å². The Morgan fingerprint density at radius 1 is 1.11 bits per heavy atom. The highest BCUT2D eigenvalue weighted by Crippen LogP contribution is 2.33. The van der Waals surface area contributed by atoms with Gasteiger partial charge in [0, 0.05) is 17.6 Å². The monoisotopic (exact) mass is 287 g/mol. The van der Waals surface area contributed by atoms with Crippen molar-refractivity contribution in [1.29, 1.82) is 0 Å². The Hall–Kier alpha value is -0.970. The van der Waals surface area contributed by atoms with Crippen molar-refractivity contribution < 1.29 is 14.2 Å². The summed E-state index contributed by atoms with van der Waals surface area (Å²) in [4.78, 5) is 0. The van der Waals surface area contributed by atoms with Crippen LogP contribution >= 0.6 is 11.6 Å². The minimum Gasteiger partial charge on any atom is -0.493 e. The molecule has 0 radical (unpaired) electrons. The van der Waals surface area contributed by atoms with Crippen molar-refractivity contribution in [3.05, 3.63) is 22.7 Å². The van der Waals surface area contributed by atoms with Crippen molar-refractivity contribution in [2.24, 2.45) is 0 Å². The third-order valence-corrected chi connectivity index (χ3v) is 3.09. The van der Waals surface area contributed by atoms with Crippen LogP contribution in [0.1, 0.15) is 12.5 Å². The maximum Gasteiger partial charge on any atom is 0.162 e. The molecule has 108 valence electrons. The number of hydrogen-bond acceptors (Lipinski definition) is 4. The first-order valence-corrected chi connectivity index (χ1v) is 6.79. The third kappa shape index (κ3) is 5.27. The summed E-state index contributed by atoms with van der Waals surface area (Å²) in [5.41, 5.74) is 1.00. The van der Waals surface area contributed by atoms with Gasteiger partial charge in [-0.2, -0.15) is 0 Å². The minimum absolute atomic E-state index is 0.639.